The van der Waals surface area contributed by atoms with Crippen molar-refractivity contribution in [1.82, 2.24) is 4.98 Å². The minimum Gasteiger partial charge on any atom is -0.387 e. The second kappa shape index (κ2) is 4.22. The van der Waals surface area contributed by atoms with Crippen LogP contribution in [0.5, 0.6) is 0 Å². The van der Waals surface area contributed by atoms with Crippen molar-refractivity contribution in [1.29, 1.82) is 0 Å². The molecule has 0 radical (unpaired) electrons. The van der Waals surface area contributed by atoms with Gasteiger partial charge in [0.15, 0.2) is 0 Å². The average Bonchev–Trinajstić information content (AvgIpc) is 2.14. The second-order valence-electron chi connectivity index (χ2n) is 4.31. The Hall–Kier alpha value is -1.38. The van der Waals surface area contributed by atoms with E-state index in [-0.39, 0.29) is 5.41 Å². The van der Waals surface area contributed by atoms with Crippen LogP contribution in [-0.2, 0) is 6.54 Å². The summed E-state index contributed by atoms with van der Waals surface area (Å²) < 4.78 is 0. The van der Waals surface area contributed by atoms with Gasteiger partial charge < -0.3 is 5.73 Å². The minimum absolute atomic E-state index is 0.0534. The van der Waals surface area contributed by atoms with Crippen LogP contribution in [0.2, 0.25) is 0 Å². The summed E-state index contributed by atoms with van der Waals surface area (Å²) in [7, 11) is 0. The van der Waals surface area contributed by atoms with E-state index in [1.165, 1.54) is 0 Å². The molecule has 0 spiro atoms. The summed E-state index contributed by atoms with van der Waals surface area (Å²) in [5, 5.41) is 0. The Bertz CT molecular complexity index is 309. The maximum Gasteiger partial charge on any atom is 0.0995 e. The third-order valence-electron chi connectivity index (χ3n) is 1.92. The number of nitrogens with two attached hydrogens (primary N) is 1. The van der Waals surface area contributed by atoms with E-state index >= 15 is 0 Å². The molecule has 3 nitrogen and oxygen atoms in total. The van der Waals surface area contributed by atoms with Crippen molar-refractivity contribution in [3.63, 3.8) is 0 Å². The molecule has 76 valence electrons. The molecule has 0 saturated heterocycles. The Morgan fingerprint density at radius 2 is 2.21 bits per heavy atom. The van der Waals surface area contributed by atoms with E-state index in [9.17, 15) is 0 Å². The van der Waals surface area contributed by atoms with Crippen LogP contribution in [0.3, 0.4) is 0 Å². The molecule has 0 amide bonds. The fourth-order valence-corrected chi connectivity index (χ4v) is 0.905. The van der Waals surface area contributed by atoms with Crippen LogP contribution >= 0.6 is 0 Å². The second-order valence-corrected chi connectivity index (χ2v) is 4.31. The van der Waals surface area contributed by atoms with Gasteiger partial charge in [-0.1, -0.05) is 26.8 Å². The summed E-state index contributed by atoms with van der Waals surface area (Å²) in [6.07, 6.45) is 3.56. The number of aromatic nitrogens is 1. The molecule has 1 rings (SSSR count). The summed E-state index contributed by atoms with van der Waals surface area (Å²) in [6, 6.07) is 3.89. The predicted molar refractivity (Wildman–Crippen MR) is 59.0 cm³/mol. The van der Waals surface area contributed by atoms with Gasteiger partial charge in [0, 0.05) is 17.8 Å². The van der Waals surface area contributed by atoms with Gasteiger partial charge in [0.05, 0.1) is 12.4 Å². The highest BCUT2D eigenvalue weighted by Gasteiger charge is 2.14. The lowest BCUT2D eigenvalue weighted by Gasteiger charge is -2.17. The van der Waals surface area contributed by atoms with Gasteiger partial charge in [0.25, 0.3) is 0 Å². The van der Waals surface area contributed by atoms with Crippen LogP contribution < -0.4 is 5.73 Å². The van der Waals surface area contributed by atoms with Crippen LogP contribution in [0.4, 0.5) is 0 Å². The standard InChI is InChI=1S/C11H17N3/c1-11(2,3)10(12)14-8-9-5-4-6-13-7-9/h4-7H,8H2,1-3H3,(H2,12,14). The summed E-state index contributed by atoms with van der Waals surface area (Å²) >= 11 is 0. The lowest BCUT2D eigenvalue weighted by molar-refractivity contribution is 0.581. The van der Waals surface area contributed by atoms with Gasteiger partial charge in [-0.05, 0) is 11.6 Å². The first-order chi connectivity index (χ1) is 6.50. The SMILES string of the molecule is CC(C)(C)C(N)=NCc1cccnc1. The van der Waals surface area contributed by atoms with Gasteiger partial charge in [-0.2, -0.15) is 0 Å². The summed E-state index contributed by atoms with van der Waals surface area (Å²) in [5.74, 6) is 0.682. The molecular weight excluding hydrogens is 174 g/mol. The molecule has 0 saturated carbocycles. The monoisotopic (exact) mass is 191 g/mol. The predicted octanol–water partition coefficient (Wildman–Crippen LogP) is 1.98. The van der Waals surface area contributed by atoms with Crippen molar-refractivity contribution >= 4 is 5.84 Å². The highest BCUT2D eigenvalue weighted by atomic mass is 14.9. The van der Waals surface area contributed by atoms with Crippen molar-refractivity contribution in [3.05, 3.63) is 30.1 Å². The lowest BCUT2D eigenvalue weighted by Crippen LogP contribution is -2.28. The first-order valence-corrected chi connectivity index (χ1v) is 4.69. The zero-order valence-corrected chi connectivity index (χ0v) is 8.99. The van der Waals surface area contributed by atoms with Crippen molar-refractivity contribution in [2.45, 2.75) is 27.3 Å². The molecule has 3 heteroatoms. The van der Waals surface area contributed by atoms with E-state index < -0.39 is 0 Å². The highest BCUT2D eigenvalue weighted by molar-refractivity contribution is 5.85. The first-order valence-electron chi connectivity index (χ1n) is 4.69. The maximum absolute atomic E-state index is 5.83. The Morgan fingerprint density at radius 3 is 2.71 bits per heavy atom. The van der Waals surface area contributed by atoms with E-state index in [0.717, 1.165) is 5.56 Å². The molecule has 1 heterocycles. The Labute approximate surface area is 85.1 Å². The van der Waals surface area contributed by atoms with Gasteiger partial charge >= 0.3 is 0 Å². The molecule has 0 atom stereocenters. The molecule has 0 aliphatic heterocycles. The van der Waals surface area contributed by atoms with Crippen molar-refractivity contribution < 1.29 is 0 Å². The van der Waals surface area contributed by atoms with E-state index in [1.807, 2.05) is 12.1 Å². The number of aliphatic imine (C=N–C) groups is 1. The third-order valence-corrected chi connectivity index (χ3v) is 1.92. The lowest BCUT2D eigenvalue weighted by atomic mass is 9.95. The number of hydrogen-bond acceptors (Lipinski definition) is 2. The van der Waals surface area contributed by atoms with E-state index in [0.29, 0.717) is 12.4 Å². The zero-order chi connectivity index (χ0) is 10.6. The van der Waals surface area contributed by atoms with Gasteiger partial charge in [-0.25, -0.2) is 0 Å². The number of nitrogens with zero attached hydrogens (tertiary/aromatic N) is 2. The molecule has 0 bridgehead atoms. The fraction of sp³-hybridized carbons (Fsp3) is 0.455. The molecule has 0 unspecified atom stereocenters. The zero-order valence-electron chi connectivity index (χ0n) is 8.99. The Kier molecular flexibility index (Phi) is 3.23. The van der Waals surface area contributed by atoms with Crippen LogP contribution in [0, 0.1) is 5.41 Å². The largest absolute Gasteiger partial charge is 0.387 e. The molecule has 2 N–H and O–H groups in total. The molecule has 14 heavy (non-hydrogen) atoms. The van der Waals surface area contributed by atoms with Crippen LogP contribution in [0.15, 0.2) is 29.5 Å². The summed E-state index contributed by atoms with van der Waals surface area (Å²) in [5.41, 5.74) is 6.86. The third kappa shape index (κ3) is 3.17. The fourth-order valence-electron chi connectivity index (χ4n) is 0.905. The van der Waals surface area contributed by atoms with E-state index in [2.05, 4.69) is 30.7 Å². The Balaban J connectivity index is 2.65. The van der Waals surface area contributed by atoms with Crippen molar-refractivity contribution in [3.8, 4) is 0 Å². The van der Waals surface area contributed by atoms with Gasteiger partial charge in [0.2, 0.25) is 0 Å². The molecular formula is C11H17N3. The first kappa shape index (κ1) is 10.7. The van der Waals surface area contributed by atoms with Gasteiger partial charge in [0.1, 0.15) is 0 Å². The van der Waals surface area contributed by atoms with Gasteiger partial charge in [-0.15, -0.1) is 0 Å². The van der Waals surface area contributed by atoms with Crippen molar-refractivity contribution in [2.24, 2.45) is 16.1 Å². The number of rotatable bonds is 2. The molecule has 0 aromatic carbocycles. The maximum atomic E-state index is 5.83. The average molecular weight is 191 g/mol. The highest BCUT2D eigenvalue weighted by Crippen LogP contribution is 2.13. The minimum atomic E-state index is -0.0534. The topological polar surface area (TPSA) is 51.3 Å². The van der Waals surface area contributed by atoms with Gasteiger partial charge in [-0.3, -0.25) is 9.98 Å². The van der Waals surface area contributed by atoms with Crippen molar-refractivity contribution in [2.75, 3.05) is 0 Å². The smallest absolute Gasteiger partial charge is 0.0995 e. The summed E-state index contributed by atoms with van der Waals surface area (Å²) in [4.78, 5) is 8.33. The summed E-state index contributed by atoms with van der Waals surface area (Å²) in [6.45, 7) is 6.76. The Morgan fingerprint density at radius 1 is 1.50 bits per heavy atom. The number of amidine groups is 1. The number of pyridine rings is 1. The molecule has 0 aliphatic rings. The molecule has 1 aromatic heterocycles. The quantitative estimate of drug-likeness (QED) is 0.574. The normalized spacial score (nSPS) is 12.9. The molecule has 0 aliphatic carbocycles. The number of hydrogen-bond donors (Lipinski definition) is 1. The molecule has 1 aromatic rings. The van der Waals surface area contributed by atoms with E-state index in [4.69, 9.17) is 5.73 Å². The van der Waals surface area contributed by atoms with Crippen LogP contribution in [0.1, 0.15) is 26.3 Å². The van der Waals surface area contributed by atoms with Crippen LogP contribution in [0.25, 0.3) is 0 Å². The van der Waals surface area contributed by atoms with Crippen LogP contribution in [-0.4, -0.2) is 10.8 Å². The molecule has 0 fully saturated rings. The van der Waals surface area contributed by atoms with E-state index in [1.54, 1.807) is 12.4 Å².